The summed E-state index contributed by atoms with van der Waals surface area (Å²) in [6.45, 7) is 5.85. The van der Waals surface area contributed by atoms with Gasteiger partial charge in [-0.25, -0.2) is 4.39 Å². The number of nitriles is 1. The molecule has 0 atom stereocenters. The third-order valence-corrected chi connectivity index (χ3v) is 4.11. The zero-order valence-electron chi connectivity index (χ0n) is 15.6. The Morgan fingerprint density at radius 1 is 1.22 bits per heavy atom. The molecule has 2 aromatic rings. The van der Waals surface area contributed by atoms with E-state index in [1.54, 1.807) is 7.11 Å². The van der Waals surface area contributed by atoms with Crippen LogP contribution >= 0.6 is 0 Å². The number of hydrogen-bond acceptors (Lipinski definition) is 4. The smallest absolute Gasteiger partial charge is 0.266 e. The van der Waals surface area contributed by atoms with Crippen LogP contribution in [0, 0.1) is 17.1 Å². The van der Waals surface area contributed by atoms with Gasteiger partial charge in [-0.05, 0) is 56.3 Å². The molecule has 0 fully saturated rings. The minimum atomic E-state index is -0.570. The third-order valence-electron chi connectivity index (χ3n) is 4.11. The predicted octanol–water partition coefficient (Wildman–Crippen LogP) is 4.23. The molecule has 1 N–H and O–H groups in total. The summed E-state index contributed by atoms with van der Waals surface area (Å²) in [6.07, 6.45) is 1.48. The normalized spacial score (nSPS) is 10.9. The molecule has 0 saturated heterocycles. The Morgan fingerprint density at radius 3 is 2.44 bits per heavy atom. The molecular weight excluding hydrogens is 345 g/mol. The maximum Gasteiger partial charge on any atom is 0.266 e. The van der Waals surface area contributed by atoms with Crippen LogP contribution in [-0.2, 0) is 4.79 Å². The van der Waals surface area contributed by atoms with Crippen LogP contribution < -0.4 is 15.0 Å². The first kappa shape index (κ1) is 20.0. The Hall–Kier alpha value is -3.33. The van der Waals surface area contributed by atoms with Crippen molar-refractivity contribution >= 4 is 23.4 Å². The fraction of sp³-hybridized carbons (Fsp3) is 0.238. The lowest BCUT2D eigenvalue weighted by molar-refractivity contribution is -0.112. The van der Waals surface area contributed by atoms with Gasteiger partial charge in [0.2, 0.25) is 0 Å². The molecule has 2 aromatic carbocycles. The summed E-state index contributed by atoms with van der Waals surface area (Å²) in [5.74, 6) is -0.400. The highest BCUT2D eigenvalue weighted by molar-refractivity contribution is 6.09. The van der Waals surface area contributed by atoms with Crippen LogP contribution in [0.5, 0.6) is 5.75 Å². The zero-order chi connectivity index (χ0) is 19.8. The second-order valence-electron chi connectivity index (χ2n) is 5.73. The van der Waals surface area contributed by atoms with Gasteiger partial charge in [0, 0.05) is 36.1 Å². The van der Waals surface area contributed by atoms with Gasteiger partial charge in [0.15, 0.2) is 0 Å². The largest absolute Gasteiger partial charge is 0.496 e. The molecule has 0 aliphatic rings. The molecule has 0 aromatic heterocycles. The van der Waals surface area contributed by atoms with Gasteiger partial charge < -0.3 is 15.0 Å². The summed E-state index contributed by atoms with van der Waals surface area (Å²) in [4.78, 5) is 14.5. The number of nitrogens with zero attached hydrogens (tertiary/aromatic N) is 2. The highest BCUT2D eigenvalue weighted by Crippen LogP contribution is 2.27. The molecule has 2 rings (SSSR count). The fourth-order valence-corrected chi connectivity index (χ4v) is 2.64. The monoisotopic (exact) mass is 367 g/mol. The number of methoxy groups -OCH3 is 1. The predicted molar refractivity (Wildman–Crippen MR) is 105 cm³/mol. The van der Waals surface area contributed by atoms with Crippen molar-refractivity contribution in [2.24, 2.45) is 0 Å². The van der Waals surface area contributed by atoms with Crippen molar-refractivity contribution in [3.05, 3.63) is 59.4 Å². The van der Waals surface area contributed by atoms with E-state index in [-0.39, 0.29) is 5.57 Å². The van der Waals surface area contributed by atoms with Gasteiger partial charge in [-0.1, -0.05) is 0 Å². The summed E-state index contributed by atoms with van der Waals surface area (Å²) < 4.78 is 18.4. The number of carbonyl (C=O) groups is 1. The maximum atomic E-state index is 13.0. The molecule has 0 spiro atoms. The van der Waals surface area contributed by atoms with Crippen LogP contribution in [0.15, 0.2) is 48.0 Å². The van der Waals surface area contributed by atoms with E-state index in [1.165, 1.54) is 30.3 Å². The summed E-state index contributed by atoms with van der Waals surface area (Å²) in [5.41, 5.74) is 1.96. The van der Waals surface area contributed by atoms with Crippen molar-refractivity contribution in [2.45, 2.75) is 13.8 Å². The van der Waals surface area contributed by atoms with Crippen LogP contribution in [0.25, 0.3) is 6.08 Å². The lowest BCUT2D eigenvalue weighted by Crippen LogP contribution is -2.21. The van der Waals surface area contributed by atoms with E-state index in [0.717, 1.165) is 18.8 Å². The molecule has 0 unspecified atom stereocenters. The van der Waals surface area contributed by atoms with Crippen LogP contribution in [0.4, 0.5) is 15.8 Å². The highest BCUT2D eigenvalue weighted by atomic mass is 19.1. The van der Waals surface area contributed by atoms with Gasteiger partial charge in [0.1, 0.15) is 23.2 Å². The summed E-state index contributed by atoms with van der Waals surface area (Å²) in [5, 5.41) is 12.0. The SMILES string of the molecule is CCN(CC)c1ccc(C=C(C#N)C(=O)Nc2ccc(F)cc2)c(OC)c1. The molecule has 0 radical (unpaired) electrons. The Morgan fingerprint density at radius 2 is 1.89 bits per heavy atom. The molecular formula is C21H22FN3O2. The van der Waals surface area contributed by atoms with Crippen LogP contribution in [-0.4, -0.2) is 26.1 Å². The minimum absolute atomic E-state index is 0.0757. The molecule has 0 aliphatic carbocycles. The Balaban J connectivity index is 2.29. The lowest BCUT2D eigenvalue weighted by Gasteiger charge is -2.22. The van der Waals surface area contributed by atoms with Crippen LogP contribution in [0.3, 0.4) is 0 Å². The van der Waals surface area contributed by atoms with Gasteiger partial charge in [0.25, 0.3) is 5.91 Å². The molecule has 0 saturated carbocycles. The van der Waals surface area contributed by atoms with Crippen molar-refractivity contribution < 1.29 is 13.9 Å². The molecule has 5 nitrogen and oxygen atoms in total. The summed E-state index contributed by atoms with van der Waals surface area (Å²) >= 11 is 0. The number of ether oxygens (including phenoxy) is 1. The van der Waals surface area contributed by atoms with Crippen molar-refractivity contribution in [2.75, 3.05) is 30.4 Å². The number of hydrogen-bond donors (Lipinski definition) is 1. The average molecular weight is 367 g/mol. The second kappa shape index (κ2) is 9.39. The molecule has 1 amide bonds. The molecule has 0 heterocycles. The van der Waals surface area contributed by atoms with E-state index in [2.05, 4.69) is 24.1 Å². The topological polar surface area (TPSA) is 65.4 Å². The molecule has 27 heavy (non-hydrogen) atoms. The van der Waals surface area contributed by atoms with E-state index in [9.17, 15) is 14.4 Å². The zero-order valence-corrected chi connectivity index (χ0v) is 15.6. The average Bonchev–Trinajstić information content (AvgIpc) is 2.69. The van der Waals surface area contributed by atoms with Crippen molar-refractivity contribution in [3.8, 4) is 11.8 Å². The van der Waals surface area contributed by atoms with E-state index in [0.29, 0.717) is 17.0 Å². The first-order valence-electron chi connectivity index (χ1n) is 8.64. The van der Waals surface area contributed by atoms with Crippen molar-refractivity contribution in [1.29, 1.82) is 5.26 Å². The fourth-order valence-electron chi connectivity index (χ4n) is 2.64. The number of nitrogens with one attached hydrogen (secondary N) is 1. The highest BCUT2D eigenvalue weighted by Gasteiger charge is 2.13. The van der Waals surface area contributed by atoms with Gasteiger partial charge in [0.05, 0.1) is 7.11 Å². The van der Waals surface area contributed by atoms with Gasteiger partial charge in [-0.3, -0.25) is 4.79 Å². The Kier molecular flexibility index (Phi) is 6.95. The minimum Gasteiger partial charge on any atom is -0.496 e. The Labute approximate surface area is 158 Å². The van der Waals surface area contributed by atoms with Crippen LogP contribution in [0.1, 0.15) is 19.4 Å². The summed E-state index contributed by atoms with van der Waals surface area (Å²) in [6, 6.07) is 12.9. The van der Waals surface area contributed by atoms with E-state index in [1.807, 2.05) is 24.3 Å². The quantitative estimate of drug-likeness (QED) is 0.588. The van der Waals surface area contributed by atoms with Crippen LogP contribution in [0.2, 0.25) is 0 Å². The molecule has 0 bridgehead atoms. The molecule has 140 valence electrons. The van der Waals surface area contributed by atoms with Gasteiger partial charge in [-0.15, -0.1) is 0 Å². The van der Waals surface area contributed by atoms with E-state index < -0.39 is 11.7 Å². The van der Waals surface area contributed by atoms with Crippen molar-refractivity contribution in [3.63, 3.8) is 0 Å². The first-order chi connectivity index (χ1) is 13.0. The number of rotatable bonds is 7. The number of anilines is 2. The third kappa shape index (κ3) is 5.08. The lowest BCUT2D eigenvalue weighted by atomic mass is 10.1. The van der Waals surface area contributed by atoms with Gasteiger partial charge >= 0.3 is 0 Å². The number of amides is 1. The molecule has 0 aliphatic heterocycles. The van der Waals surface area contributed by atoms with E-state index in [4.69, 9.17) is 4.74 Å². The number of benzene rings is 2. The van der Waals surface area contributed by atoms with Gasteiger partial charge in [-0.2, -0.15) is 5.26 Å². The standard InChI is InChI=1S/C21H22FN3O2/c1-4-25(5-2)19-11-6-15(20(13-19)27-3)12-16(14-23)21(26)24-18-9-7-17(22)8-10-18/h6-13H,4-5H2,1-3H3,(H,24,26). The maximum absolute atomic E-state index is 13.0. The Bertz CT molecular complexity index is 866. The first-order valence-corrected chi connectivity index (χ1v) is 8.64. The number of halogens is 1. The van der Waals surface area contributed by atoms with Crippen molar-refractivity contribution in [1.82, 2.24) is 0 Å². The number of carbonyl (C=O) groups excluding carboxylic acids is 1. The molecule has 6 heteroatoms. The summed E-state index contributed by atoms with van der Waals surface area (Å²) in [7, 11) is 1.54. The second-order valence-corrected chi connectivity index (χ2v) is 5.73. The van der Waals surface area contributed by atoms with E-state index >= 15 is 0 Å².